The molecule has 0 unspecified atom stereocenters. The lowest BCUT2D eigenvalue weighted by atomic mass is 9.82. The van der Waals surface area contributed by atoms with Crippen molar-refractivity contribution in [2.24, 2.45) is 5.92 Å². The first kappa shape index (κ1) is 14.6. The van der Waals surface area contributed by atoms with Crippen molar-refractivity contribution in [2.75, 3.05) is 18.5 Å². The molecule has 0 atom stereocenters. The third-order valence-electron chi connectivity index (χ3n) is 3.42. The van der Waals surface area contributed by atoms with E-state index in [2.05, 4.69) is 5.32 Å². The van der Waals surface area contributed by atoms with Crippen molar-refractivity contribution in [1.29, 1.82) is 0 Å². The quantitative estimate of drug-likeness (QED) is 0.592. The number of ether oxygens (including phenoxy) is 1. The first-order valence-electron chi connectivity index (χ1n) is 6.93. The monoisotopic (exact) mass is 280 g/mol. The van der Waals surface area contributed by atoms with E-state index in [0.29, 0.717) is 18.3 Å². The fourth-order valence-corrected chi connectivity index (χ4v) is 2.23. The van der Waals surface area contributed by atoms with E-state index >= 15 is 0 Å². The SMILES string of the molecule is CCCOc1cc(NCC2CC(O)C2)ccc1[N+](=O)[O-]. The highest BCUT2D eigenvalue weighted by molar-refractivity contribution is 5.58. The molecule has 0 aliphatic heterocycles. The van der Waals surface area contributed by atoms with Gasteiger partial charge in [-0.25, -0.2) is 0 Å². The van der Waals surface area contributed by atoms with Crippen molar-refractivity contribution in [3.05, 3.63) is 28.3 Å². The van der Waals surface area contributed by atoms with Gasteiger partial charge in [-0.2, -0.15) is 0 Å². The van der Waals surface area contributed by atoms with Crippen molar-refractivity contribution in [3.8, 4) is 5.75 Å². The van der Waals surface area contributed by atoms with Crippen molar-refractivity contribution in [2.45, 2.75) is 32.3 Å². The van der Waals surface area contributed by atoms with Crippen molar-refractivity contribution in [3.63, 3.8) is 0 Å². The average molecular weight is 280 g/mol. The Morgan fingerprint density at radius 1 is 1.50 bits per heavy atom. The standard InChI is InChI=1S/C14H20N2O4/c1-2-5-20-14-8-11(3-4-13(14)16(18)19)15-9-10-6-12(17)7-10/h3-4,8,10,12,15,17H,2,5-7,9H2,1H3. The lowest BCUT2D eigenvalue weighted by Crippen LogP contribution is -2.33. The topological polar surface area (TPSA) is 84.6 Å². The Morgan fingerprint density at radius 2 is 2.25 bits per heavy atom. The summed E-state index contributed by atoms with van der Waals surface area (Å²) >= 11 is 0. The predicted octanol–water partition coefficient (Wildman–Crippen LogP) is 2.57. The number of hydrogen-bond donors (Lipinski definition) is 2. The Morgan fingerprint density at radius 3 is 2.85 bits per heavy atom. The van der Waals surface area contributed by atoms with Gasteiger partial charge in [-0.05, 0) is 31.2 Å². The normalized spacial score (nSPS) is 21.1. The molecular weight excluding hydrogens is 260 g/mol. The third kappa shape index (κ3) is 3.60. The summed E-state index contributed by atoms with van der Waals surface area (Å²) in [6.45, 7) is 3.18. The highest BCUT2D eigenvalue weighted by atomic mass is 16.6. The summed E-state index contributed by atoms with van der Waals surface area (Å²) in [4.78, 5) is 10.5. The van der Waals surface area contributed by atoms with Crippen LogP contribution in [0.3, 0.4) is 0 Å². The molecule has 1 saturated carbocycles. The van der Waals surface area contributed by atoms with E-state index in [9.17, 15) is 15.2 Å². The molecule has 6 nitrogen and oxygen atoms in total. The average Bonchev–Trinajstić information content (AvgIpc) is 2.39. The second-order valence-corrected chi connectivity index (χ2v) is 5.16. The largest absolute Gasteiger partial charge is 0.487 e. The Hall–Kier alpha value is -1.82. The van der Waals surface area contributed by atoms with Crippen molar-refractivity contribution in [1.82, 2.24) is 0 Å². The molecule has 1 aromatic rings. The molecule has 1 aromatic carbocycles. The smallest absolute Gasteiger partial charge is 0.311 e. The number of hydrogen-bond acceptors (Lipinski definition) is 5. The van der Waals surface area contributed by atoms with Crippen LogP contribution in [0, 0.1) is 16.0 Å². The van der Waals surface area contributed by atoms with Gasteiger partial charge in [0.1, 0.15) is 0 Å². The second-order valence-electron chi connectivity index (χ2n) is 5.16. The zero-order valence-corrected chi connectivity index (χ0v) is 11.5. The number of anilines is 1. The summed E-state index contributed by atoms with van der Waals surface area (Å²) in [5.41, 5.74) is 0.797. The maximum Gasteiger partial charge on any atom is 0.311 e. The van der Waals surface area contributed by atoms with Crippen LogP contribution in [0.25, 0.3) is 0 Å². The van der Waals surface area contributed by atoms with Crippen LogP contribution in [0.15, 0.2) is 18.2 Å². The fourth-order valence-electron chi connectivity index (χ4n) is 2.23. The van der Waals surface area contributed by atoms with E-state index in [1.165, 1.54) is 6.07 Å². The zero-order valence-electron chi connectivity index (χ0n) is 11.5. The van der Waals surface area contributed by atoms with Gasteiger partial charge in [0.2, 0.25) is 0 Å². The number of aliphatic hydroxyl groups is 1. The summed E-state index contributed by atoms with van der Waals surface area (Å²) in [5.74, 6) is 0.774. The van der Waals surface area contributed by atoms with Crippen LogP contribution in [0.5, 0.6) is 5.75 Å². The molecule has 0 amide bonds. The Labute approximate surface area is 117 Å². The van der Waals surface area contributed by atoms with Crippen LogP contribution in [0.2, 0.25) is 0 Å². The van der Waals surface area contributed by atoms with Gasteiger partial charge in [0, 0.05) is 24.4 Å². The Balaban J connectivity index is 2.00. The molecule has 0 aromatic heterocycles. The van der Waals surface area contributed by atoms with Crippen LogP contribution in [0.1, 0.15) is 26.2 Å². The summed E-state index contributed by atoms with van der Waals surface area (Å²) < 4.78 is 5.43. The molecule has 0 saturated heterocycles. The van der Waals surface area contributed by atoms with E-state index < -0.39 is 4.92 Å². The lowest BCUT2D eigenvalue weighted by Gasteiger charge is -2.31. The molecule has 2 N–H and O–H groups in total. The highest BCUT2D eigenvalue weighted by Gasteiger charge is 2.26. The summed E-state index contributed by atoms with van der Waals surface area (Å²) in [6.07, 6.45) is 2.27. The minimum absolute atomic E-state index is 0.0110. The molecule has 6 heteroatoms. The van der Waals surface area contributed by atoms with Gasteiger partial charge in [0.15, 0.2) is 5.75 Å². The van der Waals surface area contributed by atoms with Gasteiger partial charge < -0.3 is 15.2 Å². The first-order chi connectivity index (χ1) is 9.60. The number of nitro benzene ring substituents is 1. The molecule has 1 aliphatic carbocycles. The summed E-state index contributed by atoms with van der Waals surface area (Å²) in [5, 5.41) is 23.4. The molecule has 20 heavy (non-hydrogen) atoms. The minimum Gasteiger partial charge on any atom is -0.487 e. The van der Waals surface area contributed by atoms with Gasteiger partial charge in [0.05, 0.1) is 17.6 Å². The van der Waals surface area contributed by atoms with E-state index in [0.717, 1.165) is 31.5 Å². The maximum atomic E-state index is 10.9. The minimum atomic E-state index is -0.433. The Kier molecular flexibility index (Phi) is 4.79. The molecule has 0 heterocycles. The number of nitrogens with zero attached hydrogens (tertiary/aromatic N) is 1. The predicted molar refractivity (Wildman–Crippen MR) is 76.1 cm³/mol. The van der Waals surface area contributed by atoms with Crippen LogP contribution in [-0.4, -0.2) is 29.3 Å². The number of rotatable bonds is 7. The van der Waals surface area contributed by atoms with Crippen LogP contribution < -0.4 is 10.1 Å². The molecule has 0 spiro atoms. The third-order valence-corrected chi connectivity index (χ3v) is 3.42. The zero-order chi connectivity index (χ0) is 14.5. The Bertz CT molecular complexity index is 472. The first-order valence-corrected chi connectivity index (χ1v) is 6.93. The van der Waals surface area contributed by atoms with Crippen molar-refractivity contribution >= 4 is 11.4 Å². The fraction of sp³-hybridized carbons (Fsp3) is 0.571. The number of aliphatic hydroxyl groups excluding tert-OH is 1. The van der Waals surface area contributed by atoms with Gasteiger partial charge in [-0.3, -0.25) is 10.1 Å². The van der Waals surface area contributed by atoms with E-state index in [4.69, 9.17) is 4.74 Å². The maximum absolute atomic E-state index is 10.9. The highest BCUT2D eigenvalue weighted by Crippen LogP contribution is 2.31. The van der Waals surface area contributed by atoms with Gasteiger partial charge in [-0.1, -0.05) is 6.92 Å². The molecule has 110 valence electrons. The molecule has 0 bridgehead atoms. The second kappa shape index (κ2) is 6.56. The van der Waals surface area contributed by atoms with Gasteiger partial charge in [-0.15, -0.1) is 0 Å². The molecule has 0 radical (unpaired) electrons. The molecule has 2 rings (SSSR count). The summed E-state index contributed by atoms with van der Waals surface area (Å²) in [7, 11) is 0. The van der Waals surface area contributed by atoms with Gasteiger partial charge in [0.25, 0.3) is 0 Å². The van der Waals surface area contributed by atoms with E-state index in [1.807, 2.05) is 6.92 Å². The van der Waals surface area contributed by atoms with Gasteiger partial charge >= 0.3 is 5.69 Å². The van der Waals surface area contributed by atoms with E-state index in [-0.39, 0.29) is 11.8 Å². The molecule has 1 aliphatic rings. The number of benzene rings is 1. The van der Waals surface area contributed by atoms with Crippen molar-refractivity contribution < 1.29 is 14.8 Å². The number of nitro groups is 1. The lowest BCUT2D eigenvalue weighted by molar-refractivity contribution is -0.385. The molecule has 1 fully saturated rings. The van der Waals surface area contributed by atoms with Crippen LogP contribution >= 0.6 is 0 Å². The molecular formula is C14H20N2O4. The van der Waals surface area contributed by atoms with Crippen LogP contribution in [-0.2, 0) is 0 Å². The number of nitrogens with one attached hydrogen (secondary N) is 1. The van der Waals surface area contributed by atoms with Crippen LogP contribution in [0.4, 0.5) is 11.4 Å². The van der Waals surface area contributed by atoms with E-state index in [1.54, 1.807) is 12.1 Å². The summed E-state index contributed by atoms with van der Waals surface area (Å²) in [6, 6.07) is 4.82.